The minimum atomic E-state index is -4.90. The fourth-order valence-electron chi connectivity index (χ4n) is 4.18. The molecule has 5 rings (SSSR count). The molecule has 0 N–H and O–H groups in total. The van der Waals surface area contributed by atoms with Gasteiger partial charge in [-0.3, -0.25) is 4.40 Å². The summed E-state index contributed by atoms with van der Waals surface area (Å²) >= 11 is 0. The van der Waals surface area contributed by atoms with Crippen molar-refractivity contribution in [3.63, 3.8) is 0 Å². The molecule has 0 atom stereocenters. The molecule has 234 valence electrons. The summed E-state index contributed by atoms with van der Waals surface area (Å²) in [6, 6.07) is 6.61. The van der Waals surface area contributed by atoms with Crippen LogP contribution in [0.15, 0.2) is 49.2 Å². The third kappa shape index (κ3) is 5.77. The smallest absolute Gasteiger partial charge is 0.453 e. The number of carbonyl (C=O) groups is 1. The quantitative estimate of drug-likeness (QED) is 0.261. The van der Waals surface area contributed by atoms with Gasteiger partial charge in [0.2, 0.25) is 5.78 Å². The van der Waals surface area contributed by atoms with Gasteiger partial charge in [0.1, 0.15) is 34.8 Å². The second-order valence-corrected chi connectivity index (χ2v) is 12.8. The molecule has 4 heterocycles. The molecular weight excluding hydrogens is 607 g/mol. The Morgan fingerprint density at radius 1 is 1.05 bits per heavy atom. The first-order chi connectivity index (χ1) is 20.5. The third-order valence-corrected chi connectivity index (χ3v) is 7.88. The Balaban J connectivity index is 1.75. The number of methoxy groups -OCH3 is 1. The van der Waals surface area contributed by atoms with Crippen molar-refractivity contribution in [2.24, 2.45) is 0 Å². The van der Waals surface area contributed by atoms with Crippen LogP contribution in [0, 0.1) is 0 Å². The molecule has 0 aliphatic heterocycles. The predicted molar refractivity (Wildman–Crippen MR) is 150 cm³/mol. The highest BCUT2D eigenvalue weighted by molar-refractivity contribution is 7.87. The van der Waals surface area contributed by atoms with Gasteiger partial charge in [-0.25, -0.2) is 33.0 Å². The van der Waals surface area contributed by atoms with E-state index in [0.29, 0.717) is 11.3 Å². The maximum absolute atomic E-state index is 13.9. The number of fused-ring (bicyclic) bond motifs is 1. The highest BCUT2D eigenvalue weighted by atomic mass is 32.2. The van der Waals surface area contributed by atoms with Crippen LogP contribution in [0.3, 0.4) is 0 Å². The van der Waals surface area contributed by atoms with Crippen molar-refractivity contribution in [1.29, 1.82) is 0 Å². The van der Waals surface area contributed by atoms with E-state index in [1.54, 1.807) is 45.0 Å². The van der Waals surface area contributed by atoms with Crippen molar-refractivity contribution in [1.82, 2.24) is 42.0 Å². The summed E-state index contributed by atoms with van der Waals surface area (Å²) in [4.78, 5) is 25.6. The van der Waals surface area contributed by atoms with Crippen LogP contribution >= 0.6 is 0 Å². The van der Waals surface area contributed by atoms with Gasteiger partial charge in [-0.15, -0.1) is 5.10 Å². The molecular formula is C26H28F3N9O5S. The number of aromatic nitrogens is 8. The highest BCUT2D eigenvalue weighted by Crippen LogP contribution is 2.35. The van der Waals surface area contributed by atoms with E-state index < -0.39 is 33.9 Å². The Morgan fingerprint density at radius 3 is 2.32 bits per heavy atom. The number of hydrogen-bond acceptors (Lipinski definition) is 9. The average Bonchev–Trinajstić information content (AvgIpc) is 3.70. The summed E-state index contributed by atoms with van der Waals surface area (Å²) in [6.07, 6.45) is -0.678. The summed E-state index contributed by atoms with van der Waals surface area (Å²) in [5.74, 6) is -1.21. The fraction of sp³-hybridized carbons (Fsp3) is 0.346. The van der Waals surface area contributed by atoms with Gasteiger partial charge in [0.05, 0.1) is 19.9 Å². The molecule has 0 saturated carbocycles. The van der Waals surface area contributed by atoms with Crippen LogP contribution in [-0.4, -0.2) is 83.3 Å². The van der Waals surface area contributed by atoms with Crippen molar-refractivity contribution in [3.8, 4) is 28.7 Å². The predicted octanol–water partition coefficient (Wildman–Crippen LogP) is 3.77. The lowest BCUT2D eigenvalue weighted by Crippen LogP contribution is -2.27. The molecule has 18 heteroatoms. The molecule has 0 saturated heterocycles. The number of hydrogen-bond donors (Lipinski definition) is 0. The van der Waals surface area contributed by atoms with E-state index in [1.165, 1.54) is 44.2 Å². The number of alkyl halides is 3. The number of halogens is 3. The van der Waals surface area contributed by atoms with Crippen molar-refractivity contribution >= 4 is 22.1 Å². The molecule has 0 bridgehead atoms. The highest BCUT2D eigenvalue weighted by Gasteiger charge is 2.38. The van der Waals surface area contributed by atoms with Crippen molar-refractivity contribution < 1.29 is 35.9 Å². The number of rotatable bonds is 7. The van der Waals surface area contributed by atoms with E-state index in [4.69, 9.17) is 9.47 Å². The first kappa shape index (κ1) is 30.7. The lowest BCUT2D eigenvalue weighted by molar-refractivity contribution is -0.144. The Bertz CT molecular complexity index is 1950. The largest absolute Gasteiger partial charge is 0.497 e. The van der Waals surface area contributed by atoms with Crippen LogP contribution in [0.4, 0.5) is 18.0 Å². The van der Waals surface area contributed by atoms with Crippen LogP contribution in [0.5, 0.6) is 5.75 Å². The Morgan fingerprint density at radius 2 is 1.73 bits per heavy atom. The SMILES string of the molecule is COc1ccc(Cn2nc(C(F)(F)F)nc2-c2nc3n(C(=O)OC(C)(C)C)ccn3c2-c2cn(S(=O)(=O)N(C)C)cn2)cc1. The molecule has 1 aromatic carbocycles. The Kier molecular flexibility index (Phi) is 7.53. The zero-order chi connectivity index (χ0) is 32.2. The molecule has 0 aliphatic carbocycles. The number of imidazole rings is 3. The Labute approximate surface area is 249 Å². The standard InChI is InChI=1S/C26H28F3N9O5S/c1-25(2,3)43-24(39)37-12-11-36-20(18-14-35(15-30-18)44(40,41)34(4)5)19(31-23(36)37)21-32-22(26(27,28)29)33-38(21)13-16-7-9-17(42-6)10-8-16/h7-12,14-15H,13H2,1-6H3. The lowest BCUT2D eigenvalue weighted by atomic mass is 10.2. The van der Waals surface area contributed by atoms with E-state index in [0.717, 1.165) is 23.9 Å². The fourth-order valence-corrected chi connectivity index (χ4v) is 4.96. The van der Waals surface area contributed by atoms with Crippen LogP contribution < -0.4 is 4.74 Å². The molecule has 0 amide bonds. The van der Waals surface area contributed by atoms with Crippen molar-refractivity contribution in [3.05, 3.63) is 60.6 Å². The van der Waals surface area contributed by atoms with Crippen molar-refractivity contribution in [2.45, 2.75) is 39.1 Å². The number of benzene rings is 1. The van der Waals surface area contributed by atoms with Gasteiger partial charge < -0.3 is 9.47 Å². The van der Waals surface area contributed by atoms with Crippen LogP contribution in [0.2, 0.25) is 0 Å². The number of ether oxygens (including phenoxy) is 2. The number of nitrogens with zero attached hydrogens (tertiary/aromatic N) is 9. The molecule has 0 spiro atoms. The molecule has 44 heavy (non-hydrogen) atoms. The Hall–Kier alpha value is -4.71. The van der Waals surface area contributed by atoms with E-state index in [1.807, 2.05) is 0 Å². The van der Waals surface area contributed by atoms with Gasteiger partial charge in [-0.05, 0) is 38.5 Å². The summed E-state index contributed by atoms with van der Waals surface area (Å²) in [6.45, 7) is 4.88. The minimum Gasteiger partial charge on any atom is -0.497 e. The van der Waals surface area contributed by atoms with Gasteiger partial charge in [-0.2, -0.15) is 25.9 Å². The van der Waals surface area contributed by atoms with Crippen LogP contribution in [0.25, 0.3) is 28.7 Å². The van der Waals surface area contributed by atoms with E-state index in [-0.39, 0.29) is 35.2 Å². The second-order valence-electron chi connectivity index (χ2n) is 10.8. The average molecular weight is 636 g/mol. The zero-order valence-electron chi connectivity index (χ0n) is 24.4. The molecule has 0 unspecified atom stereocenters. The third-order valence-electron chi connectivity index (χ3n) is 6.22. The maximum atomic E-state index is 13.9. The van der Waals surface area contributed by atoms with Gasteiger partial charge in [0.25, 0.3) is 5.82 Å². The summed E-state index contributed by atoms with van der Waals surface area (Å²) in [5, 5.41) is 3.73. The van der Waals surface area contributed by atoms with Crippen molar-refractivity contribution in [2.75, 3.05) is 21.2 Å². The molecule has 5 aromatic rings. The molecule has 0 radical (unpaired) electrons. The minimum absolute atomic E-state index is 0.0208. The van der Waals surface area contributed by atoms with Gasteiger partial charge >= 0.3 is 22.5 Å². The van der Waals surface area contributed by atoms with Gasteiger partial charge in [0.15, 0.2) is 5.82 Å². The number of carbonyl (C=O) groups excluding carboxylic acids is 1. The lowest BCUT2D eigenvalue weighted by Gasteiger charge is -2.19. The summed E-state index contributed by atoms with van der Waals surface area (Å²) < 4.78 is 83.2. The molecule has 4 aromatic heterocycles. The first-order valence-electron chi connectivity index (χ1n) is 12.9. The normalized spacial score (nSPS) is 12.8. The van der Waals surface area contributed by atoms with E-state index in [9.17, 15) is 26.4 Å². The van der Waals surface area contributed by atoms with E-state index >= 15 is 0 Å². The van der Waals surface area contributed by atoms with Gasteiger partial charge in [0, 0.05) is 26.5 Å². The topological polar surface area (TPSA) is 144 Å². The summed E-state index contributed by atoms with van der Waals surface area (Å²) in [7, 11) is 0.160. The zero-order valence-corrected chi connectivity index (χ0v) is 25.3. The van der Waals surface area contributed by atoms with Gasteiger partial charge in [-0.1, -0.05) is 12.1 Å². The van der Waals surface area contributed by atoms with Crippen LogP contribution in [0.1, 0.15) is 32.2 Å². The summed E-state index contributed by atoms with van der Waals surface area (Å²) in [5.41, 5.74) is -0.340. The van der Waals surface area contributed by atoms with E-state index in [2.05, 4.69) is 20.1 Å². The first-order valence-corrected chi connectivity index (χ1v) is 14.3. The molecule has 14 nitrogen and oxygen atoms in total. The second kappa shape index (κ2) is 10.8. The maximum Gasteiger partial charge on any atom is 0.453 e. The monoisotopic (exact) mass is 635 g/mol. The molecule has 0 fully saturated rings. The van der Waals surface area contributed by atoms with Crippen LogP contribution in [-0.2, 0) is 27.7 Å². The molecule has 0 aliphatic rings.